The lowest BCUT2D eigenvalue weighted by Crippen LogP contribution is -2.52. The van der Waals surface area contributed by atoms with Gasteiger partial charge in [-0.1, -0.05) is 26.0 Å². The maximum atomic E-state index is 12.9. The first-order valence-corrected chi connectivity index (χ1v) is 10.1. The molecular formula is C21H28N4O3. The zero-order chi connectivity index (χ0) is 20.0. The monoisotopic (exact) mass is 384 g/mol. The third-order valence-corrected chi connectivity index (χ3v) is 6.41. The van der Waals surface area contributed by atoms with Crippen molar-refractivity contribution in [2.75, 3.05) is 13.1 Å². The highest BCUT2D eigenvalue weighted by atomic mass is 16.2. The molecule has 3 heterocycles. The van der Waals surface area contributed by atoms with E-state index in [-0.39, 0.29) is 30.2 Å². The second-order valence-corrected chi connectivity index (χ2v) is 8.62. The number of fused-ring (bicyclic) bond motifs is 1. The first-order chi connectivity index (χ1) is 13.3. The van der Waals surface area contributed by atoms with Crippen LogP contribution in [0.2, 0.25) is 0 Å². The van der Waals surface area contributed by atoms with E-state index in [0.29, 0.717) is 30.4 Å². The minimum Gasteiger partial charge on any atom is -0.327 e. The van der Waals surface area contributed by atoms with Gasteiger partial charge in [-0.3, -0.25) is 24.6 Å². The highest BCUT2D eigenvalue weighted by molar-refractivity contribution is 6.05. The van der Waals surface area contributed by atoms with E-state index in [2.05, 4.69) is 30.1 Å². The molecule has 1 aromatic carbocycles. The number of imide groups is 1. The van der Waals surface area contributed by atoms with Gasteiger partial charge in [-0.25, -0.2) is 0 Å². The number of benzene rings is 1. The molecule has 0 radical (unpaired) electrons. The summed E-state index contributed by atoms with van der Waals surface area (Å²) in [6.07, 6.45) is 0.663. The van der Waals surface area contributed by atoms with Crippen molar-refractivity contribution in [2.45, 2.75) is 51.9 Å². The van der Waals surface area contributed by atoms with Crippen molar-refractivity contribution in [3.8, 4) is 0 Å². The van der Waals surface area contributed by atoms with Gasteiger partial charge in [0.1, 0.15) is 6.04 Å². The van der Waals surface area contributed by atoms with Crippen LogP contribution >= 0.6 is 0 Å². The Morgan fingerprint density at radius 2 is 1.86 bits per heavy atom. The quantitative estimate of drug-likeness (QED) is 0.754. The van der Waals surface area contributed by atoms with Gasteiger partial charge in [0.15, 0.2) is 0 Å². The number of hydrogen-bond acceptors (Lipinski definition) is 5. The van der Waals surface area contributed by atoms with Crippen molar-refractivity contribution in [3.05, 3.63) is 34.9 Å². The zero-order valence-electron chi connectivity index (χ0n) is 16.5. The lowest BCUT2D eigenvalue weighted by molar-refractivity contribution is -0.136. The zero-order valence-corrected chi connectivity index (χ0v) is 16.5. The minimum atomic E-state index is -0.564. The molecule has 3 amide bonds. The molecule has 28 heavy (non-hydrogen) atoms. The molecular weight excluding hydrogens is 356 g/mol. The number of carbonyl (C=O) groups excluding carboxylic acids is 3. The molecule has 0 aromatic heterocycles. The average Bonchev–Trinajstić information content (AvgIpc) is 2.96. The minimum absolute atomic E-state index is 0.117. The van der Waals surface area contributed by atoms with Gasteiger partial charge in [-0.15, -0.1) is 0 Å². The number of nitrogens with one attached hydrogen (secondary N) is 1. The van der Waals surface area contributed by atoms with E-state index in [1.165, 1.54) is 0 Å². The SMILES string of the molecule is CC1CN(Cc2ccc3c(c2)C(=O)N(C2CCC(=O)NC2=O)C3)CC(C)C1N. The van der Waals surface area contributed by atoms with Crippen LogP contribution in [-0.2, 0) is 22.7 Å². The number of nitrogens with two attached hydrogens (primary N) is 1. The summed E-state index contributed by atoms with van der Waals surface area (Å²) in [6.45, 7) is 7.51. The summed E-state index contributed by atoms with van der Waals surface area (Å²) in [4.78, 5) is 40.5. The molecule has 150 valence electrons. The number of piperidine rings is 2. The summed E-state index contributed by atoms with van der Waals surface area (Å²) >= 11 is 0. The van der Waals surface area contributed by atoms with E-state index in [0.717, 1.165) is 30.8 Å². The van der Waals surface area contributed by atoms with Crippen molar-refractivity contribution >= 4 is 17.7 Å². The standard InChI is InChI=1S/C21H28N4O3/c1-12-8-24(9-13(2)19(12)22)10-14-3-4-15-11-25(21(28)16(15)7-14)17-5-6-18(26)23-20(17)27/h3-4,7,12-13,17,19H,5-6,8-11,22H2,1-2H3,(H,23,26,27). The van der Waals surface area contributed by atoms with E-state index in [1.807, 2.05) is 12.1 Å². The number of amides is 3. The molecule has 3 N–H and O–H groups in total. The van der Waals surface area contributed by atoms with Crippen LogP contribution in [0.5, 0.6) is 0 Å². The van der Waals surface area contributed by atoms with Crippen LogP contribution in [-0.4, -0.2) is 52.7 Å². The van der Waals surface area contributed by atoms with E-state index >= 15 is 0 Å². The highest BCUT2D eigenvalue weighted by Gasteiger charge is 2.39. The molecule has 3 atom stereocenters. The van der Waals surface area contributed by atoms with Crippen molar-refractivity contribution in [3.63, 3.8) is 0 Å². The molecule has 0 aliphatic carbocycles. The van der Waals surface area contributed by atoms with Gasteiger partial charge in [-0.05, 0) is 35.4 Å². The molecule has 0 bridgehead atoms. The highest BCUT2D eigenvalue weighted by Crippen LogP contribution is 2.29. The van der Waals surface area contributed by atoms with Gasteiger partial charge in [0.2, 0.25) is 11.8 Å². The van der Waals surface area contributed by atoms with Gasteiger partial charge in [-0.2, -0.15) is 0 Å². The van der Waals surface area contributed by atoms with Crippen LogP contribution in [0.25, 0.3) is 0 Å². The molecule has 3 aliphatic rings. The Kier molecular flexibility index (Phi) is 4.97. The fraction of sp³-hybridized carbons (Fsp3) is 0.571. The van der Waals surface area contributed by atoms with E-state index in [1.54, 1.807) is 4.90 Å². The summed E-state index contributed by atoms with van der Waals surface area (Å²) in [5.74, 6) is 0.141. The Bertz CT molecular complexity index is 812. The van der Waals surface area contributed by atoms with Crippen molar-refractivity contribution in [2.24, 2.45) is 17.6 Å². The molecule has 3 aliphatic heterocycles. The van der Waals surface area contributed by atoms with Crippen LogP contribution < -0.4 is 11.1 Å². The first-order valence-electron chi connectivity index (χ1n) is 10.1. The smallest absolute Gasteiger partial charge is 0.255 e. The van der Waals surface area contributed by atoms with Crippen molar-refractivity contribution in [1.82, 2.24) is 15.1 Å². The lowest BCUT2D eigenvalue weighted by Gasteiger charge is -2.39. The van der Waals surface area contributed by atoms with E-state index in [9.17, 15) is 14.4 Å². The predicted molar refractivity (Wildman–Crippen MR) is 104 cm³/mol. The molecule has 0 saturated carbocycles. The fourth-order valence-electron chi connectivity index (χ4n) is 4.78. The van der Waals surface area contributed by atoms with Gasteiger partial charge in [0.05, 0.1) is 0 Å². The Morgan fingerprint density at radius 3 is 2.54 bits per heavy atom. The van der Waals surface area contributed by atoms with Crippen LogP contribution in [0.1, 0.15) is 48.2 Å². The number of rotatable bonds is 3. The summed E-state index contributed by atoms with van der Waals surface area (Å²) in [7, 11) is 0. The Labute approximate surface area is 165 Å². The summed E-state index contributed by atoms with van der Waals surface area (Å²) in [5.41, 5.74) is 8.97. The predicted octanol–water partition coefficient (Wildman–Crippen LogP) is 0.863. The number of hydrogen-bond donors (Lipinski definition) is 2. The van der Waals surface area contributed by atoms with Gasteiger partial charge >= 0.3 is 0 Å². The first kappa shape index (κ1) is 19.1. The fourth-order valence-corrected chi connectivity index (χ4v) is 4.78. The summed E-state index contributed by atoms with van der Waals surface area (Å²) in [5, 5.41) is 2.34. The molecule has 1 aromatic rings. The average molecular weight is 384 g/mol. The van der Waals surface area contributed by atoms with Gasteiger partial charge < -0.3 is 10.6 Å². The largest absolute Gasteiger partial charge is 0.327 e. The summed E-state index contributed by atoms with van der Waals surface area (Å²) < 4.78 is 0. The van der Waals surface area contributed by atoms with Crippen LogP contribution in [0.4, 0.5) is 0 Å². The molecule has 0 spiro atoms. The van der Waals surface area contributed by atoms with Crippen molar-refractivity contribution < 1.29 is 14.4 Å². The van der Waals surface area contributed by atoms with Gasteiger partial charge in [0.25, 0.3) is 5.91 Å². The Hall–Kier alpha value is -2.25. The number of likely N-dealkylation sites (tertiary alicyclic amines) is 1. The molecule has 2 fully saturated rings. The number of nitrogens with zero attached hydrogens (tertiary/aromatic N) is 2. The van der Waals surface area contributed by atoms with E-state index in [4.69, 9.17) is 5.73 Å². The maximum Gasteiger partial charge on any atom is 0.255 e. The second kappa shape index (κ2) is 7.29. The Morgan fingerprint density at radius 1 is 1.14 bits per heavy atom. The molecule has 3 unspecified atom stereocenters. The normalized spacial score (nSPS) is 31.1. The van der Waals surface area contributed by atoms with Crippen molar-refractivity contribution in [1.29, 1.82) is 0 Å². The van der Waals surface area contributed by atoms with Crippen LogP contribution in [0.15, 0.2) is 18.2 Å². The topological polar surface area (TPSA) is 95.7 Å². The van der Waals surface area contributed by atoms with E-state index < -0.39 is 6.04 Å². The van der Waals surface area contributed by atoms with Crippen LogP contribution in [0, 0.1) is 11.8 Å². The lowest BCUT2D eigenvalue weighted by atomic mass is 9.86. The molecule has 4 rings (SSSR count). The maximum absolute atomic E-state index is 12.9. The second-order valence-electron chi connectivity index (χ2n) is 8.62. The Balaban J connectivity index is 1.47. The molecule has 7 nitrogen and oxygen atoms in total. The molecule has 7 heteroatoms. The van der Waals surface area contributed by atoms with Crippen LogP contribution in [0.3, 0.4) is 0 Å². The number of carbonyl (C=O) groups is 3. The molecule has 2 saturated heterocycles. The third-order valence-electron chi connectivity index (χ3n) is 6.41. The third kappa shape index (κ3) is 3.44. The van der Waals surface area contributed by atoms with Gasteiger partial charge in [0, 0.05) is 44.2 Å². The summed E-state index contributed by atoms with van der Waals surface area (Å²) in [6, 6.07) is 5.71.